The molecule has 0 bridgehead atoms. The topological polar surface area (TPSA) is 0 Å². The van der Waals surface area contributed by atoms with Crippen LogP contribution in [0.15, 0.2) is 23.3 Å². The summed E-state index contributed by atoms with van der Waals surface area (Å²) in [5.74, 6) is 0.887. The smallest absolute Gasteiger partial charge is 0.0274 e. The minimum absolute atomic E-state index is 0.887. The first-order valence-corrected chi connectivity index (χ1v) is 4.45. The van der Waals surface area contributed by atoms with Gasteiger partial charge in [-0.15, -0.1) is 0 Å². The van der Waals surface area contributed by atoms with Gasteiger partial charge in [0, 0.05) is 0 Å². The van der Waals surface area contributed by atoms with E-state index in [1.165, 1.54) is 30.4 Å². The first-order chi connectivity index (χ1) is 5.11. The van der Waals surface area contributed by atoms with E-state index in [0.717, 1.165) is 5.92 Å². The monoisotopic (exact) mass is 150 g/mol. The summed E-state index contributed by atoms with van der Waals surface area (Å²) in [7, 11) is 0. The van der Waals surface area contributed by atoms with Crippen molar-refractivity contribution in [1.82, 2.24) is 0 Å². The maximum atomic E-state index is 4.00. The van der Waals surface area contributed by atoms with Gasteiger partial charge in [0.1, 0.15) is 0 Å². The van der Waals surface area contributed by atoms with Crippen LogP contribution in [0.1, 0.15) is 40.0 Å². The SMILES string of the molecule is C=C(C)C1=C(C)CC(C)CC1. The lowest BCUT2D eigenvalue weighted by molar-refractivity contribution is 0.498. The predicted octanol–water partition coefficient (Wildman–Crippen LogP) is 3.70. The highest BCUT2D eigenvalue weighted by molar-refractivity contribution is 5.32. The normalized spacial score (nSPS) is 25.5. The molecular weight excluding hydrogens is 132 g/mol. The molecule has 0 saturated carbocycles. The van der Waals surface area contributed by atoms with Gasteiger partial charge in [-0.3, -0.25) is 0 Å². The highest BCUT2D eigenvalue weighted by Crippen LogP contribution is 2.31. The summed E-state index contributed by atoms with van der Waals surface area (Å²) in [6.07, 6.45) is 3.88. The number of allylic oxidation sites excluding steroid dienone is 3. The van der Waals surface area contributed by atoms with Gasteiger partial charge >= 0.3 is 0 Å². The maximum Gasteiger partial charge on any atom is -0.0274 e. The van der Waals surface area contributed by atoms with Crippen LogP contribution in [0.5, 0.6) is 0 Å². The third kappa shape index (κ3) is 1.95. The highest BCUT2D eigenvalue weighted by Gasteiger charge is 2.14. The van der Waals surface area contributed by atoms with Crippen LogP contribution < -0.4 is 0 Å². The second kappa shape index (κ2) is 3.25. The highest BCUT2D eigenvalue weighted by atomic mass is 14.2. The van der Waals surface area contributed by atoms with Crippen LogP contribution in [0.4, 0.5) is 0 Å². The van der Waals surface area contributed by atoms with E-state index in [2.05, 4.69) is 27.4 Å². The molecule has 0 aromatic carbocycles. The van der Waals surface area contributed by atoms with Gasteiger partial charge in [-0.25, -0.2) is 0 Å². The quantitative estimate of drug-likeness (QED) is 0.534. The molecule has 62 valence electrons. The maximum absolute atomic E-state index is 4.00. The van der Waals surface area contributed by atoms with Crippen LogP contribution in [0.2, 0.25) is 0 Å². The minimum atomic E-state index is 0.887. The van der Waals surface area contributed by atoms with Crippen molar-refractivity contribution >= 4 is 0 Å². The van der Waals surface area contributed by atoms with Gasteiger partial charge in [0.25, 0.3) is 0 Å². The van der Waals surface area contributed by atoms with Crippen LogP contribution >= 0.6 is 0 Å². The fraction of sp³-hybridized carbons (Fsp3) is 0.636. The van der Waals surface area contributed by atoms with Crippen molar-refractivity contribution in [1.29, 1.82) is 0 Å². The Bertz CT molecular complexity index is 196. The van der Waals surface area contributed by atoms with E-state index in [9.17, 15) is 0 Å². The van der Waals surface area contributed by atoms with Crippen LogP contribution in [-0.2, 0) is 0 Å². The van der Waals surface area contributed by atoms with E-state index in [1.54, 1.807) is 5.57 Å². The van der Waals surface area contributed by atoms with Crippen molar-refractivity contribution in [3.05, 3.63) is 23.3 Å². The van der Waals surface area contributed by atoms with Crippen molar-refractivity contribution in [2.75, 3.05) is 0 Å². The summed E-state index contributed by atoms with van der Waals surface area (Å²) in [4.78, 5) is 0. The molecule has 0 radical (unpaired) electrons. The molecule has 0 spiro atoms. The lowest BCUT2D eigenvalue weighted by Gasteiger charge is -2.22. The molecule has 0 N–H and O–H groups in total. The molecular formula is C11H18. The zero-order valence-corrected chi connectivity index (χ0v) is 7.91. The fourth-order valence-electron chi connectivity index (χ4n) is 1.93. The molecule has 0 aromatic heterocycles. The largest absolute Gasteiger partial charge is 0.0958 e. The lowest BCUT2D eigenvalue weighted by Crippen LogP contribution is -2.06. The first-order valence-electron chi connectivity index (χ1n) is 4.45. The van der Waals surface area contributed by atoms with Crippen molar-refractivity contribution in [2.45, 2.75) is 40.0 Å². The van der Waals surface area contributed by atoms with Gasteiger partial charge in [-0.2, -0.15) is 0 Å². The summed E-state index contributed by atoms with van der Waals surface area (Å²) >= 11 is 0. The summed E-state index contributed by atoms with van der Waals surface area (Å²) in [5.41, 5.74) is 4.37. The number of rotatable bonds is 1. The van der Waals surface area contributed by atoms with Gasteiger partial charge in [-0.05, 0) is 44.6 Å². The van der Waals surface area contributed by atoms with Gasteiger partial charge < -0.3 is 0 Å². The Morgan fingerprint density at radius 1 is 1.55 bits per heavy atom. The molecule has 0 heteroatoms. The molecule has 0 nitrogen and oxygen atoms in total. The molecule has 11 heavy (non-hydrogen) atoms. The number of hydrogen-bond donors (Lipinski definition) is 0. The lowest BCUT2D eigenvalue weighted by atomic mass is 9.83. The molecule has 1 atom stereocenters. The average Bonchev–Trinajstić information content (AvgIpc) is 1.85. The van der Waals surface area contributed by atoms with Gasteiger partial charge in [0.2, 0.25) is 0 Å². The molecule has 0 heterocycles. The molecule has 0 amide bonds. The van der Waals surface area contributed by atoms with E-state index < -0.39 is 0 Å². The van der Waals surface area contributed by atoms with E-state index in [-0.39, 0.29) is 0 Å². The van der Waals surface area contributed by atoms with Crippen molar-refractivity contribution in [3.8, 4) is 0 Å². The molecule has 0 saturated heterocycles. The third-order valence-corrected chi connectivity index (χ3v) is 2.57. The Balaban J connectivity index is 2.78. The van der Waals surface area contributed by atoms with Crippen molar-refractivity contribution in [2.24, 2.45) is 5.92 Å². The Hall–Kier alpha value is -0.520. The van der Waals surface area contributed by atoms with Gasteiger partial charge in [-0.1, -0.05) is 24.6 Å². The Labute approximate surface area is 70.0 Å². The van der Waals surface area contributed by atoms with Crippen molar-refractivity contribution in [3.63, 3.8) is 0 Å². The molecule has 0 aromatic rings. The first kappa shape index (κ1) is 8.58. The van der Waals surface area contributed by atoms with Crippen LogP contribution in [0, 0.1) is 5.92 Å². The third-order valence-electron chi connectivity index (χ3n) is 2.57. The Morgan fingerprint density at radius 2 is 2.18 bits per heavy atom. The summed E-state index contributed by atoms with van der Waals surface area (Å²) < 4.78 is 0. The molecule has 1 aliphatic rings. The van der Waals surface area contributed by atoms with E-state index in [4.69, 9.17) is 0 Å². The van der Waals surface area contributed by atoms with Crippen LogP contribution in [-0.4, -0.2) is 0 Å². The minimum Gasteiger partial charge on any atom is -0.0958 e. The molecule has 0 aliphatic heterocycles. The fourth-order valence-corrected chi connectivity index (χ4v) is 1.93. The van der Waals surface area contributed by atoms with Crippen LogP contribution in [0.3, 0.4) is 0 Å². The zero-order valence-electron chi connectivity index (χ0n) is 7.91. The molecule has 1 rings (SSSR count). The summed E-state index contributed by atoms with van der Waals surface area (Å²) in [6, 6.07) is 0. The second-order valence-electron chi connectivity index (χ2n) is 3.89. The Morgan fingerprint density at radius 3 is 2.64 bits per heavy atom. The molecule has 1 aliphatic carbocycles. The second-order valence-corrected chi connectivity index (χ2v) is 3.89. The standard InChI is InChI=1S/C11H18/c1-8(2)11-6-5-9(3)7-10(11)4/h9H,1,5-7H2,2-4H3. The van der Waals surface area contributed by atoms with E-state index in [1.807, 2.05) is 0 Å². The average molecular weight is 150 g/mol. The number of hydrogen-bond acceptors (Lipinski definition) is 0. The van der Waals surface area contributed by atoms with Gasteiger partial charge in [0.05, 0.1) is 0 Å². The summed E-state index contributed by atoms with van der Waals surface area (Å²) in [5, 5.41) is 0. The molecule has 0 fully saturated rings. The zero-order chi connectivity index (χ0) is 8.43. The summed E-state index contributed by atoms with van der Waals surface area (Å²) in [6.45, 7) is 10.7. The molecule has 1 unspecified atom stereocenters. The van der Waals surface area contributed by atoms with Gasteiger partial charge in [0.15, 0.2) is 0 Å². The van der Waals surface area contributed by atoms with E-state index in [0.29, 0.717) is 0 Å². The van der Waals surface area contributed by atoms with Crippen LogP contribution in [0.25, 0.3) is 0 Å². The predicted molar refractivity (Wildman–Crippen MR) is 50.5 cm³/mol. The van der Waals surface area contributed by atoms with Crippen molar-refractivity contribution < 1.29 is 0 Å². The van der Waals surface area contributed by atoms with E-state index >= 15 is 0 Å². The Kier molecular flexibility index (Phi) is 2.53.